The third-order valence-corrected chi connectivity index (χ3v) is 4.12. The van der Waals surface area contributed by atoms with Crippen molar-refractivity contribution >= 4 is 17.6 Å². The van der Waals surface area contributed by atoms with Crippen molar-refractivity contribution in [3.05, 3.63) is 90.5 Å². The van der Waals surface area contributed by atoms with Gasteiger partial charge in [-0.1, -0.05) is 48.5 Å². The number of carbonyl (C=O) groups is 2. The van der Waals surface area contributed by atoms with Gasteiger partial charge in [0.2, 0.25) is 0 Å². The smallest absolute Gasteiger partial charge is 0.347 e. The van der Waals surface area contributed by atoms with Crippen LogP contribution in [0, 0.1) is 0 Å². The molecule has 0 aromatic heterocycles. The molecule has 1 unspecified atom stereocenters. The van der Waals surface area contributed by atoms with Crippen LogP contribution in [0.2, 0.25) is 0 Å². The van der Waals surface area contributed by atoms with Crippen molar-refractivity contribution < 1.29 is 23.8 Å². The van der Waals surface area contributed by atoms with Crippen LogP contribution in [0.25, 0.3) is 0 Å². The highest BCUT2D eigenvalue weighted by Gasteiger charge is 2.17. The van der Waals surface area contributed by atoms with Crippen LogP contribution in [0.4, 0.5) is 5.69 Å². The van der Waals surface area contributed by atoms with Crippen LogP contribution in [0.1, 0.15) is 12.5 Å². The molecule has 0 spiro atoms. The van der Waals surface area contributed by atoms with Crippen LogP contribution in [0.15, 0.2) is 84.9 Å². The zero-order valence-corrected chi connectivity index (χ0v) is 16.6. The highest BCUT2D eigenvalue weighted by Crippen LogP contribution is 2.17. The predicted molar refractivity (Wildman–Crippen MR) is 113 cm³/mol. The molecule has 3 rings (SSSR count). The van der Waals surface area contributed by atoms with E-state index < -0.39 is 24.6 Å². The molecule has 0 radical (unpaired) electrons. The van der Waals surface area contributed by atoms with Crippen molar-refractivity contribution in [2.45, 2.75) is 19.6 Å². The van der Waals surface area contributed by atoms with E-state index in [1.165, 1.54) is 0 Å². The van der Waals surface area contributed by atoms with Gasteiger partial charge in [-0.3, -0.25) is 4.79 Å². The lowest BCUT2D eigenvalue weighted by Crippen LogP contribution is -2.29. The fourth-order valence-corrected chi connectivity index (χ4v) is 2.58. The predicted octanol–water partition coefficient (Wildman–Crippen LogP) is 4.21. The molecule has 0 aliphatic rings. The van der Waals surface area contributed by atoms with Crippen LogP contribution in [-0.2, 0) is 20.9 Å². The van der Waals surface area contributed by atoms with E-state index in [4.69, 9.17) is 14.2 Å². The van der Waals surface area contributed by atoms with E-state index in [1.54, 1.807) is 55.5 Å². The summed E-state index contributed by atoms with van der Waals surface area (Å²) >= 11 is 0. The molecule has 3 aromatic carbocycles. The first kappa shape index (κ1) is 20.9. The van der Waals surface area contributed by atoms with Gasteiger partial charge in [0.1, 0.15) is 18.1 Å². The van der Waals surface area contributed by atoms with Gasteiger partial charge in [0.25, 0.3) is 5.91 Å². The van der Waals surface area contributed by atoms with Gasteiger partial charge < -0.3 is 19.5 Å². The largest absolute Gasteiger partial charge is 0.489 e. The fraction of sp³-hybridized carbons (Fsp3) is 0.167. The summed E-state index contributed by atoms with van der Waals surface area (Å²) in [6.07, 6.45) is -0.818. The third kappa shape index (κ3) is 6.67. The molecule has 0 saturated carbocycles. The van der Waals surface area contributed by atoms with Crippen LogP contribution < -0.4 is 14.8 Å². The first-order chi connectivity index (χ1) is 14.6. The number of nitrogens with one attached hydrogen (secondary N) is 1. The molecule has 0 fully saturated rings. The highest BCUT2D eigenvalue weighted by molar-refractivity contribution is 5.93. The summed E-state index contributed by atoms with van der Waals surface area (Å²) in [7, 11) is 0. The topological polar surface area (TPSA) is 73.9 Å². The average molecular weight is 405 g/mol. The summed E-state index contributed by atoms with van der Waals surface area (Å²) in [6, 6.07) is 25.8. The third-order valence-electron chi connectivity index (χ3n) is 4.12. The number of amides is 1. The van der Waals surface area contributed by atoms with Gasteiger partial charge in [0.05, 0.1) is 0 Å². The molecule has 6 nitrogen and oxygen atoms in total. The number of carbonyl (C=O) groups excluding carboxylic acids is 2. The van der Waals surface area contributed by atoms with Crippen molar-refractivity contribution in [1.29, 1.82) is 0 Å². The SMILES string of the molecule is CC(Oc1ccccc1)C(=O)OCC(=O)Nc1ccc(OCc2ccccc2)cc1. The Balaban J connectivity index is 1.40. The molecule has 3 aromatic rings. The lowest BCUT2D eigenvalue weighted by molar-refractivity contribution is -0.153. The second kappa shape index (κ2) is 10.7. The number of rotatable bonds is 9. The number of ether oxygens (including phenoxy) is 3. The highest BCUT2D eigenvalue weighted by atomic mass is 16.6. The Kier molecular flexibility index (Phi) is 7.44. The lowest BCUT2D eigenvalue weighted by atomic mass is 10.2. The zero-order valence-electron chi connectivity index (χ0n) is 16.6. The second-order valence-corrected chi connectivity index (χ2v) is 6.53. The number of para-hydroxylation sites is 1. The Morgan fingerprint density at radius 2 is 1.47 bits per heavy atom. The van der Waals surface area contributed by atoms with Crippen LogP contribution in [0.5, 0.6) is 11.5 Å². The van der Waals surface area contributed by atoms with Crippen LogP contribution in [0.3, 0.4) is 0 Å². The number of hydrogen-bond acceptors (Lipinski definition) is 5. The van der Waals surface area contributed by atoms with E-state index >= 15 is 0 Å². The summed E-state index contributed by atoms with van der Waals surface area (Å²) in [4.78, 5) is 24.0. The van der Waals surface area contributed by atoms with Crippen molar-refractivity contribution in [3.63, 3.8) is 0 Å². The molecule has 154 valence electrons. The van der Waals surface area contributed by atoms with Crippen LogP contribution >= 0.6 is 0 Å². The lowest BCUT2D eigenvalue weighted by Gasteiger charge is -2.14. The summed E-state index contributed by atoms with van der Waals surface area (Å²) in [5.41, 5.74) is 1.65. The standard InChI is InChI=1S/C24H23NO5/c1-18(30-22-10-6-3-7-11-22)24(27)29-17-23(26)25-20-12-14-21(15-13-20)28-16-19-8-4-2-5-9-19/h2-15,18H,16-17H2,1H3,(H,25,26). The van der Waals surface area contributed by atoms with E-state index in [9.17, 15) is 9.59 Å². The molecule has 6 heteroatoms. The van der Waals surface area contributed by atoms with Crippen LogP contribution in [-0.4, -0.2) is 24.6 Å². The summed E-state index contributed by atoms with van der Waals surface area (Å²) in [5, 5.41) is 2.67. The molecule has 0 bridgehead atoms. The number of anilines is 1. The average Bonchev–Trinajstić information content (AvgIpc) is 2.78. The number of benzene rings is 3. The summed E-state index contributed by atoms with van der Waals surface area (Å²) in [5.74, 6) is 0.197. The Labute approximate surface area is 175 Å². The monoisotopic (exact) mass is 405 g/mol. The van der Waals surface area contributed by atoms with E-state index in [1.807, 2.05) is 36.4 Å². The molecule has 30 heavy (non-hydrogen) atoms. The molecule has 0 aliphatic heterocycles. The molecular weight excluding hydrogens is 382 g/mol. The van der Waals surface area contributed by atoms with Crippen molar-refractivity contribution in [3.8, 4) is 11.5 Å². The number of hydrogen-bond donors (Lipinski definition) is 1. The Hall–Kier alpha value is -3.80. The van der Waals surface area contributed by atoms with Crippen molar-refractivity contribution in [2.24, 2.45) is 0 Å². The minimum atomic E-state index is -0.818. The minimum Gasteiger partial charge on any atom is -0.489 e. The Morgan fingerprint density at radius 1 is 0.833 bits per heavy atom. The van der Waals surface area contributed by atoms with E-state index in [0.29, 0.717) is 23.8 Å². The maximum Gasteiger partial charge on any atom is 0.347 e. The molecule has 1 amide bonds. The van der Waals surface area contributed by atoms with E-state index in [0.717, 1.165) is 5.56 Å². The van der Waals surface area contributed by atoms with Gasteiger partial charge in [-0.15, -0.1) is 0 Å². The minimum absolute atomic E-state index is 0.395. The Morgan fingerprint density at radius 3 is 2.13 bits per heavy atom. The van der Waals surface area contributed by atoms with Gasteiger partial charge >= 0.3 is 5.97 Å². The van der Waals surface area contributed by atoms with Gasteiger partial charge in [-0.2, -0.15) is 0 Å². The quantitative estimate of drug-likeness (QED) is 0.540. The number of esters is 1. The van der Waals surface area contributed by atoms with E-state index in [-0.39, 0.29) is 0 Å². The first-order valence-electron chi connectivity index (χ1n) is 9.55. The molecule has 0 heterocycles. The Bertz CT molecular complexity index is 942. The second-order valence-electron chi connectivity index (χ2n) is 6.53. The zero-order chi connectivity index (χ0) is 21.2. The maximum absolute atomic E-state index is 12.0. The van der Waals surface area contributed by atoms with Gasteiger partial charge in [0, 0.05) is 5.69 Å². The van der Waals surface area contributed by atoms with Crippen molar-refractivity contribution in [1.82, 2.24) is 0 Å². The molecular formula is C24H23NO5. The molecule has 0 saturated heterocycles. The summed E-state index contributed by atoms with van der Waals surface area (Å²) < 4.78 is 16.2. The fourth-order valence-electron chi connectivity index (χ4n) is 2.58. The molecule has 1 N–H and O–H groups in total. The maximum atomic E-state index is 12.0. The van der Waals surface area contributed by atoms with E-state index in [2.05, 4.69) is 5.32 Å². The van der Waals surface area contributed by atoms with Crippen molar-refractivity contribution in [2.75, 3.05) is 11.9 Å². The molecule has 1 atom stereocenters. The van der Waals surface area contributed by atoms with Gasteiger partial charge in [-0.25, -0.2) is 4.79 Å². The molecule has 0 aliphatic carbocycles. The van der Waals surface area contributed by atoms with Gasteiger partial charge in [0.15, 0.2) is 12.7 Å². The first-order valence-corrected chi connectivity index (χ1v) is 9.55. The normalized spacial score (nSPS) is 11.2. The summed E-state index contributed by atoms with van der Waals surface area (Å²) in [6.45, 7) is 1.64. The van der Waals surface area contributed by atoms with Gasteiger partial charge in [-0.05, 0) is 48.9 Å².